The van der Waals surface area contributed by atoms with Gasteiger partial charge in [0.25, 0.3) is 5.56 Å². The zero-order valence-electron chi connectivity index (χ0n) is 14.6. The van der Waals surface area contributed by atoms with Crippen molar-refractivity contribution in [2.75, 3.05) is 13.2 Å². The molecule has 26 heavy (non-hydrogen) atoms. The summed E-state index contributed by atoms with van der Waals surface area (Å²) in [5.74, 6) is 0.703. The predicted molar refractivity (Wildman–Crippen MR) is 94.5 cm³/mol. The molecule has 8 nitrogen and oxygen atoms in total. The van der Waals surface area contributed by atoms with Gasteiger partial charge in [0.15, 0.2) is 0 Å². The van der Waals surface area contributed by atoms with E-state index >= 15 is 0 Å². The SMILES string of the molecule is Cc1nonc1CN1CCCC1c1nc2ccccc2c(=O)n1CCO. The molecule has 3 heterocycles. The van der Waals surface area contributed by atoms with E-state index in [9.17, 15) is 9.90 Å². The minimum Gasteiger partial charge on any atom is -0.395 e. The van der Waals surface area contributed by atoms with E-state index in [-0.39, 0.29) is 24.8 Å². The standard InChI is InChI=1S/C18H21N5O3/c1-12-15(21-26-20-12)11-22-8-4-7-16(22)17-19-14-6-3-2-5-13(14)18(25)23(17)9-10-24/h2-3,5-6,16,24H,4,7-11H2,1H3. The number of benzene rings is 1. The highest BCUT2D eigenvalue weighted by Gasteiger charge is 2.31. The summed E-state index contributed by atoms with van der Waals surface area (Å²) in [6.45, 7) is 3.49. The quantitative estimate of drug-likeness (QED) is 0.739. The number of aliphatic hydroxyl groups is 1. The van der Waals surface area contributed by atoms with Crippen molar-refractivity contribution in [3.05, 3.63) is 51.8 Å². The van der Waals surface area contributed by atoms with Gasteiger partial charge in [-0.25, -0.2) is 9.61 Å². The smallest absolute Gasteiger partial charge is 0.261 e. The normalized spacial score (nSPS) is 18.0. The second kappa shape index (κ2) is 6.97. The summed E-state index contributed by atoms with van der Waals surface area (Å²) in [6, 6.07) is 7.34. The van der Waals surface area contributed by atoms with Crippen LogP contribution in [0.3, 0.4) is 0 Å². The zero-order valence-corrected chi connectivity index (χ0v) is 14.6. The first-order chi connectivity index (χ1) is 12.7. The summed E-state index contributed by atoms with van der Waals surface area (Å²) in [6.07, 6.45) is 1.91. The van der Waals surface area contributed by atoms with Gasteiger partial charge >= 0.3 is 0 Å². The summed E-state index contributed by atoms with van der Waals surface area (Å²) >= 11 is 0. The number of aliphatic hydroxyl groups excluding tert-OH is 1. The molecule has 1 N–H and O–H groups in total. The number of rotatable bonds is 5. The molecule has 0 bridgehead atoms. The van der Waals surface area contributed by atoms with Crippen LogP contribution >= 0.6 is 0 Å². The minimum absolute atomic E-state index is 0.00467. The lowest BCUT2D eigenvalue weighted by molar-refractivity contribution is 0.215. The van der Waals surface area contributed by atoms with Crippen molar-refractivity contribution in [1.29, 1.82) is 0 Å². The Kier molecular flexibility index (Phi) is 4.52. The maximum absolute atomic E-state index is 12.9. The maximum Gasteiger partial charge on any atom is 0.261 e. The third-order valence-corrected chi connectivity index (χ3v) is 4.98. The van der Waals surface area contributed by atoms with Crippen LogP contribution in [0.5, 0.6) is 0 Å². The van der Waals surface area contributed by atoms with Crippen LogP contribution in [-0.4, -0.2) is 43.0 Å². The van der Waals surface area contributed by atoms with Crippen LogP contribution in [0.15, 0.2) is 33.7 Å². The van der Waals surface area contributed by atoms with Gasteiger partial charge in [-0.2, -0.15) is 0 Å². The Morgan fingerprint density at radius 3 is 2.92 bits per heavy atom. The fourth-order valence-electron chi connectivity index (χ4n) is 3.65. The highest BCUT2D eigenvalue weighted by molar-refractivity contribution is 5.77. The molecule has 2 aromatic heterocycles. The van der Waals surface area contributed by atoms with Crippen LogP contribution in [0.25, 0.3) is 10.9 Å². The van der Waals surface area contributed by atoms with Crippen molar-refractivity contribution in [3.63, 3.8) is 0 Å². The number of fused-ring (bicyclic) bond motifs is 1. The number of para-hydroxylation sites is 1. The molecule has 0 amide bonds. The van der Waals surface area contributed by atoms with E-state index < -0.39 is 0 Å². The van der Waals surface area contributed by atoms with Crippen molar-refractivity contribution in [2.24, 2.45) is 0 Å². The maximum atomic E-state index is 12.9. The van der Waals surface area contributed by atoms with Crippen LogP contribution < -0.4 is 5.56 Å². The Hall–Kier alpha value is -2.58. The third kappa shape index (κ3) is 2.91. The van der Waals surface area contributed by atoms with Gasteiger partial charge in [0, 0.05) is 6.54 Å². The lowest BCUT2D eigenvalue weighted by atomic mass is 10.1. The third-order valence-electron chi connectivity index (χ3n) is 4.98. The Labute approximate surface area is 150 Å². The fourth-order valence-corrected chi connectivity index (χ4v) is 3.65. The average molecular weight is 355 g/mol. The van der Waals surface area contributed by atoms with Crippen LogP contribution in [0.2, 0.25) is 0 Å². The Morgan fingerprint density at radius 1 is 1.31 bits per heavy atom. The summed E-state index contributed by atoms with van der Waals surface area (Å²) in [5.41, 5.74) is 2.15. The number of aromatic nitrogens is 4. The Bertz CT molecular complexity index is 980. The van der Waals surface area contributed by atoms with E-state index in [0.717, 1.165) is 30.8 Å². The lowest BCUT2D eigenvalue weighted by Crippen LogP contribution is -2.33. The molecule has 1 fully saturated rings. The molecule has 1 aromatic carbocycles. The molecule has 1 unspecified atom stereocenters. The second-order valence-electron chi connectivity index (χ2n) is 6.59. The molecular formula is C18H21N5O3. The van der Waals surface area contributed by atoms with Crippen molar-refractivity contribution in [3.8, 4) is 0 Å². The van der Waals surface area contributed by atoms with Crippen LogP contribution in [-0.2, 0) is 13.1 Å². The van der Waals surface area contributed by atoms with E-state index in [1.54, 1.807) is 10.6 Å². The number of likely N-dealkylation sites (tertiary alicyclic amines) is 1. The molecule has 1 atom stereocenters. The highest BCUT2D eigenvalue weighted by Crippen LogP contribution is 2.32. The topological polar surface area (TPSA) is 97.3 Å². The minimum atomic E-state index is -0.106. The first-order valence-corrected chi connectivity index (χ1v) is 8.81. The predicted octanol–water partition coefficient (Wildman–Crippen LogP) is 1.42. The molecule has 3 aromatic rings. The van der Waals surface area contributed by atoms with Gasteiger partial charge in [-0.1, -0.05) is 22.4 Å². The van der Waals surface area contributed by atoms with Crippen LogP contribution in [0, 0.1) is 6.92 Å². The molecule has 1 saturated heterocycles. The first kappa shape index (κ1) is 16.9. The summed E-state index contributed by atoms with van der Waals surface area (Å²) in [5, 5.41) is 17.9. The lowest BCUT2D eigenvalue weighted by Gasteiger charge is -2.25. The van der Waals surface area contributed by atoms with Gasteiger partial charge in [0.1, 0.15) is 17.2 Å². The van der Waals surface area contributed by atoms with E-state index in [0.29, 0.717) is 23.3 Å². The van der Waals surface area contributed by atoms with Gasteiger partial charge in [0.05, 0.1) is 30.1 Å². The van der Waals surface area contributed by atoms with E-state index in [2.05, 4.69) is 15.2 Å². The molecule has 0 aliphatic carbocycles. The zero-order chi connectivity index (χ0) is 18.1. The fraction of sp³-hybridized carbons (Fsp3) is 0.444. The second-order valence-corrected chi connectivity index (χ2v) is 6.59. The largest absolute Gasteiger partial charge is 0.395 e. The molecule has 1 aliphatic rings. The Balaban J connectivity index is 1.77. The monoisotopic (exact) mass is 355 g/mol. The van der Waals surface area contributed by atoms with Gasteiger partial charge < -0.3 is 5.11 Å². The number of aryl methyl sites for hydroxylation is 1. The summed E-state index contributed by atoms with van der Waals surface area (Å²) in [4.78, 5) is 20.0. The summed E-state index contributed by atoms with van der Waals surface area (Å²) < 4.78 is 6.42. The Morgan fingerprint density at radius 2 is 2.15 bits per heavy atom. The van der Waals surface area contributed by atoms with Crippen molar-refractivity contribution in [2.45, 2.75) is 38.9 Å². The number of nitrogens with zero attached hydrogens (tertiary/aromatic N) is 5. The highest BCUT2D eigenvalue weighted by atomic mass is 16.6. The van der Waals surface area contributed by atoms with Crippen molar-refractivity contribution < 1.29 is 9.74 Å². The van der Waals surface area contributed by atoms with Gasteiger partial charge in [-0.3, -0.25) is 14.3 Å². The van der Waals surface area contributed by atoms with Gasteiger partial charge in [-0.05, 0) is 38.4 Å². The molecule has 136 valence electrons. The summed E-state index contributed by atoms with van der Waals surface area (Å²) in [7, 11) is 0. The molecule has 4 rings (SSSR count). The van der Waals surface area contributed by atoms with Gasteiger partial charge in [-0.15, -0.1) is 0 Å². The molecule has 1 aliphatic heterocycles. The van der Waals surface area contributed by atoms with Crippen molar-refractivity contribution in [1.82, 2.24) is 24.8 Å². The van der Waals surface area contributed by atoms with Gasteiger partial charge in [0.2, 0.25) is 0 Å². The number of hydrogen-bond donors (Lipinski definition) is 1. The molecular weight excluding hydrogens is 334 g/mol. The molecule has 0 saturated carbocycles. The average Bonchev–Trinajstić information content (AvgIpc) is 3.27. The van der Waals surface area contributed by atoms with Crippen LogP contribution in [0.1, 0.15) is 36.1 Å². The van der Waals surface area contributed by atoms with E-state index in [4.69, 9.17) is 9.61 Å². The van der Waals surface area contributed by atoms with E-state index in [1.807, 2.05) is 25.1 Å². The van der Waals surface area contributed by atoms with Crippen molar-refractivity contribution >= 4 is 10.9 Å². The van der Waals surface area contributed by atoms with Crippen LogP contribution in [0.4, 0.5) is 0 Å². The number of hydrogen-bond acceptors (Lipinski definition) is 7. The van der Waals surface area contributed by atoms with E-state index in [1.165, 1.54) is 0 Å². The first-order valence-electron chi connectivity index (χ1n) is 8.81. The molecule has 0 spiro atoms. The molecule has 0 radical (unpaired) electrons. The molecule has 8 heteroatoms.